The monoisotopic (exact) mass is 280 g/mol. The number of carbonyl (C=O) groups is 2. The van der Waals surface area contributed by atoms with Gasteiger partial charge >= 0.3 is 0 Å². The maximum atomic E-state index is 12.5. The molecule has 2 saturated heterocycles. The van der Waals surface area contributed by atoms with Crippen molar-refractivity contribution < 1.29 is 9.59 Å². The van der Waals surface area contributed by atoms with E-state index in [4.69, 9.17) is 5.26 Å². The van der Waals surface area contributed by atoms with Crippen LogP contribution in [0.25, 0.3) is 0 Å². The van der Waals surface area contributed by atoms with Crippen LogP contribution in [-0.2, 0) is 9.59 Å². The molecule has 0 saturated carbocycles. The number of nitriles is 2. The van der Waals surface area contributed by atoms with Gasteiger partial charge < -0.3 is 0 Å². The van der Waals surface area contributed by atoms with E-state index in [1.54, 1.807) is 0 Å². The third-order valence-electron chi connectivity index (χ3n) is 3.96. The van der Waals surface area contributed by atoms with Crippen LogP contribution in [0.3, 0.4) is 0 Å². The van der Waals surface area contributed by atoms with Crippen LogP contribution < -0.4 is 5.43 Å². The van der Waals surface area contributed by atoms with Crippen molar-refractivity contribution in [1.82, 2.24) is 10.4 Å². The second-order valence-corrected chi connectivity index (χ2v) is 5.14. The molecule has 21 heavy (non-hydrogen) atoms. The van der Waals surface area contributed by atoms with Gasteiger partial charge in [-0.2, -0.15) is 10.5 Å². The first-order valence-corrected chi connectivity index (χ1v) is 6.72. The second kappa shape index (κ2) is 5.01. The Bertz CT molecular complexity index is 689. The van der Waals surface area contributed by atoms with E-state index < -0.39 is 12.0 Å². The highest BCUT2D eigenvalue weighted by Crippen LogP contribution is 2.34. The lowest BCUT2D eigenvalue weighted by molar-refractivity contribution is -0.134. The first-order chi connectivity index (χ1) is 10.2. The van der Waals surface area contributed by atoms with Crippen LogP contribution in [0.2, 0.25) is 0 Å². The predicted molar refractivity (Wildman–Crippen MR) is 71.5 cm³/mol. The number of carbonyl (C=O) groups excluding carboxylic acids is 2. The number of rotatable bonds is 1. The number of hydrogen-bond acceptors (Lipinski definition) is 5. The molecule has 0 radical (unpaired) electrons. The Labute approximate surface area is 121 Å². The van der Waals surface area contributed by atoms with E-state index in [0.29, 0.717) is 24.1 Å². The lowest BCUT2D eigenvalue weighted by Crippen LogP contribution is -2.49. The highest BCUT2D eigenvalue weighted by atomic mass is 16.2. The third-order valence-corrected chi connectivity index (χ3v) is 3.96. The highest BCUT2D eigenvalue weighted by molar-refractivity contribution is 6.15. The summed E-state index contributed by atoms with van der Waals surface area (Å²) in [7, 11) is 0. The fourth-order valence-electron chi connectivity index (χ4n) is 2.95. The van der Waals surface area contributed by atoms with E-state index in [1.807, 2.05) is 12.1 Å². The van der Waals surface area contributed by atoms with Gasteiger partial charge in [-0.15, -0.1) is 0 Å². The molecule has 3 rings (SSSR count). The van der Waals surface area contributed by atoms with E-state index in [1.165, 1.54) is 23.2 Å². The van der Waals surface area contributed by atoms with Crippen molar-refractivity contribution >= 4 is 11.7 Å². The fourth-order valence-corrected chi connectivity index (χ4v) is 2.95. The van der Waals surface area contributed by atoms with Gasteiger partial charge in [0.15, 0.2) is 5.78 Å². The Kier molecular flexibility index (Phi) is 3.17. The molecule has 2 aliphatic heterocycles. The molecule has 0 aliphatic carbocycles. The van der Waals surface area contributed by atoms with Crippen molar-refractivity contribution in [3.8, 4) is 12.1 Å². The van der Waals surface area contributed by atoms with Gasteiger partial charge in [-0.25, -0.2) is 5.43 Å². The summed E-state index contributed by atoms with van der Waals surface area (Å²) in [6.07, 6.45) is 1.48. The number of hydrazine groups is 1. The van der Waals surface area contributed by atoms with Gasteiger partial charge in [0.05, 0.1) is 23.3 Å². The summed E-state index contributed by atoms with van der Waals surface area (Å²) in [6.45, 7) is 0.667. The molecular weight excluding hydrogens is 268 g/mol. The molecule has 2 aliphatic rings. The Balaban J connectivity index is 2.05. The van der Waals surface area contributed by atoms with Crippen molar-refractivity contribution in [3.05, 3.63) is 34.9 Å². The summed E-state index contributed by atoms with van der Waals surface area (Å²) >= 11 is 0. The zero-order valence-electron chi connectivity index (χ0n) is 11.2. The minimum atomic E-state index is -0.942. The van der Waals surface area contributed by atoms with Gasteiger partial charge in [-0.3, -0.25) is 14.6 Å². The maximum Gasteiger partial charge on any atom is 0.252 e. The van der Waals surface area contributed by atoms with Crippen LogP contribution in [0, 0.1) is 22.7 Å². The average molecular weight is 280 g/mol. The minimum absolute atomic E-state index is 0.173. The molecule has 2 heterocycles. The summed E-state index contributed by atoms with van der Waals surface area (Å²) in [5.74, 6) is -1.43. The Hall–Kier alpha value is -2.70. The molecule has 1 amide bonds. The van der Waals surface area contributed by atoms with Crippen molar-refractivity contribution in [3.63, 3.8) is 0 Å². The number of benzene rings is 1. The van der Waals surface area contributed by atoms with Crippen LogP contribution in [0.1, 0.15) is 35.4 Å². The number of fused-ring (bicyclic) bond motifs is 1. The standard InChI is InChI=1S/C15H12N4O2/c16-7-9-3-4-11(10(6-9)8-17)13-14(20)12-2-1-5-18-19(12)15(13)21/h3-4,6,12-13,18H,1-2,5H2. The van der Waals surface area contributed by atoms with Gasteiger partial charge in [0.1, 0.15) is 12.0 Å². The summed E-state index contributed by atoms with van der Waals surface area (Å²) < 4.78 is 0. The molecule has 1 aromatic rings. The van der Waals surface area contributed by atoms with Gasteiger partial charge in [-0.1, -0.05) is 6.07 Å². The molecule has 1 N–H and O–H groups in total. The van der Waals surface area contributed by atoms with Gasteiger partial charge in [-0.05, 0) is 30.5 Å². The van der Waals surface area contributed by atoms with Gasteiger partial charge in [0, 0.05) is 6.54 Å². The first-order valence-electron chi connectivity index (χ1n) is 6.72. The quantitative estimate of drug-likeness (QED) is 0.759. The molecule has 6 nitrogen and oxygen atoms in total. The molecule has 6 heteroatoms. The van der Waals surface area contributed by atoms with E-state index in [9.17, 15) is 14.9 Å². The maximum absolute atomic E-state index is 12.5. The molecular formula is C15H12N4O2. The van der Waals surface area contributed by atoms with Crippen LogP contribution >= 0.6 is 0 Å². The summed E-state index contributed by atoms with van der Waals surface area (Å²) in [4.78, 5) is 24.9. The van der Waals surface area contributed by atoms with E-state index in [2.05, 4.69) is 5.43 Å². The normalized spacial score (nSPS) is 24.4. The number of amides is 1. The molecule has 2 atom stereocenters. The number of Topliss-reactive ketones (excluding diaryl/α,β-unsaturated/α-hetero) is 1. The zero-order valence-corrected chi connectivity index (χ0v) is 11.2. The molecule has 0 aromatic heterocycles. The highest BCUT2D eigenvalue weighted by Gasteiger charge is 2.49. The van der Waals surface area contributed by atoms with E-state index in [-0.39, 0.29) is 17.3 Å². The molecule has 0 bridgehead atoms. The Morgan fingerprint density at radius 1 is 1.24 bits per heavy atom. The Morgan fingerprint density at radius 3 is 2.71 bits per heavy atom. The fraction of sp³-hybridized carbons (Fsp3) is 0.333. The predicted octanol–water partition coefficient (Wildman–Crippen LogP) is 0.592. The number of ketones is 1. The van der Waals surface area contributed by atoms with Crippen molar-refractivity contribution in [2.45, 2.75) is 24.8 Å². The number of nitrogens with one attached hydrogen (secondary N) is 1. The van der Waals surface area contributed by atoms with Crippen molar-refractivity contribution in [2.75, 3.05) is 6.54 Å². The van der Waals surface area contributed by atoms with Gasteiger partial charge in [0.2, 0.25) is 0 Å². The van der Waals surface area contributed by atoms with Crippen LogP contribution in [0.5, 0.6) is 0 Å². The molecule has 104 valence electrons. The molecule has 2 unspecified atom stereocenters. The SMILES string of the molecule is N#Cc1ccc(C2C(=O)C3CCCNN3C2=O)c(C#N)c1. The van der Waals surface area contributed by atoms with E-state index in [0.717, 1.165) is 6.42 Å². The lowest BCUT2D eigenvalue weighted by Gasteiger charge is -2.28. The average Bonchev–Trinajstić information content (AvgIpc) is 2.79. The van der Waals surface area contributed by atoms with Crippen LogP contribution in [0.15, 0.2) is 18.2 Å². The lowest BCUT2D eigenvalue weighted by atomic mass is 9.89. The largest absolute Gasteiger partial charge is 0.296 e. The zero-order chi connectivity index (χ0) is 15.0. The first kappa shape index (κ1) is 13.3. The third kappa shape index (κ3) is 1.97. The minimum Gasteiger partial charge on any atom is -0.296 e. The molecule has 1 aromatic carbocycles. The number of nitrogens with zero attached hydrogens (tertiary/aromatic N) is 3. The molecule has 2 fully saturated rings. The summed E-state index contributed by atoms with van der Waals surface area (Å²) in [5.41, 5.74) is 3.89. The van der Waals surface area contributed by atoms with E-state index >= 15 is 0 Å². The molecule has 0 spiro atoms. The second-order valence-electron chi connectivity index (χ2n) is 5.14. The van der Waals surface area contributed by atoms with Crippen molar-refractivity contribution in [2.24, 2.45) is 0 Å². The summed E-state index contributed by atoms with van der Waals surface area (Å²) in [6, 6.07) is 7.96. The van der Waals surface area contributed by atoms with Crippen LogP contribution in [0.4, 0.5) is 0 Å². The Morgan fingerprint density at radius 2 is 2.05 bits per heavy atom. The topological polar surface area (TPSA) is 97.0 Å². The van der Waals surface area contributed by atoms with Crippen molar-refractivity contribution in [1.29, 1.82) is 10.5 Å². The van der Waals surface area contributed by atoms with Gasteiger partial charge in [0.25, 0.3) is 5.91 Å². The number of hydrogen-bond donors (Lipinski definition) is 1. The van der Waals surface area contributed by atoms with Crippen LogP contribution in [-0.4, -0.2) is 29.3 Å². The summed E-state index contributed by atoms with van der Waals surface area (Å²) in [5, 5.41) is 19.5. The smallest absolute Gasteiger partial charge is 0.252 e.